The van der Waals surface area contributed by atoms with Crippen molar-refractivity contribution < 1.29 is 23.8 Å². The lowest BCUT2D eigenvalue weighted by atomic mass is 9.87. The van der Waals surface area contributed by atoms with Crippen LogP contribution in [0.5, 0.6) is 5.75 Å². The highest BCUT2D eigenvalue weighted by Gasteiger charge is 2.30. The minimum atomic E-state index is -0.447. The van der Waals surface area contributed by atoms with Crippen LogP contribution in [0.1, 0.15) is 64.5 Å². The van der Waals surface area contributed by atoms with E-state index in [1.807, 2.05) is 26.0 Å². The maximum Gasteiger partial charge on any atom is 0.407 e. The number of aryl methyl sites for hydroxylation is 1. The molecule has 0 aliphatic heterocycles. The van der Waals surface area contributed by atoms with E-state index in [-0.39, 0.29) is 30.7 Å². The van der Waals surface area contributed by atoms with Crippen molar-refractivity contribution in [3.63, 3.8) is 0 Å². The Bertz CT molecular complexity index is 1000. The summed E-state index contributed by atoms with van der Waals surface area (Å²) in [4.78, 5) is 28.8. The van der Waals surface area contributed by atoms with Crippen molar-refractivity contribution in [1.29, 1.82) is 0 Å². The Morgan fingerprint density at radius 2 is 2.03 bits per heavy atom. The van der Waals surface area contributed by atoms with E-state index in [0.29, 0.717) is 35.8 Å². The zero-order chi connectivity index (χ0) is 24.8. The highest BCUT2D eigenvalue weighted by molar-refractivity contribution is 5.72. The van der Waals surface area contributed by atoms with E-state index < -0.39 is 6.09 Å². The maximum absolute atomic E-state index is 12.3. The SMILES string of the molecule is CC(C)OC(=O)[C@H]1CCC[C@H](Oc2ccc(-c3nnn(C)c3COC(=O)NCCC3CC3)nc2)C1. The van der Waals surface area contributed by atoms with Gasteiger partial charge in [-0.1, -0.05) is 18.1 Å². The molecule has 10 heteroatoms. The number of nitrogens with one attached hydrogen (secondary N) is 1. The molecule has 4 rings (SSSR count). The van der Waals surface area contributed by atoms with Gasteiger partial charge >= 0.3 is 12.1 Å². The van der Waals surface area contributed by atoms with Crippen molar-refractivity contribution in [2.24, 2.45) is 18.9 Å². The van der Waals surface area contributed by atoms with Crippen molar-refractivity contribution in [3.05, 3.63) is 24.0 Å². The van der Waals surface area contributed by atoms with Crippen LogP contribution in [0, 0.1) is 11.8 Å². The Kier molecular flexibility index (Phi) is 8.20. The Balaban J connectivity index is 1.31. The van der Waals surface area contributed by atoms with Crippen LogP contribution in [0.2, 0.25) is 0 Å². The van der Waals surface area contributed by atoms with Crippen molar-refractivity contribution in [1.82, 2.24) is 25.3 Å². The summed E-state index contributed by atoms with van der Waals surface area (Å²) in [5.74, 6) is 1.11. The maximum atomic E-state index is 12.3. The lowest BCUT2D eigenvalue weighted by molar-refractivity contribution is -0.154. The molecule has 0 bridgehead atoms. The van der Waals surface area contributed by atoms with Gasteiger partial charge in [0.1, 0.15) is 23.7 Å². The third-order valence-electron chi connectivity index (χ3n) is 6.39. The second-order valence-electron chi connectivity index (χ2n) is 9.71. The predicted molar refractivity (Wildman–Crippen MR) is 127 cm³/mol. The lowest BCUT2D eigenvalue weighted by Crippen LogP contribution is -2.31. The minimum Gasteiger partial charge on any atom is -0.489 e. The number of ether oxygens (including phenoxy) is 3. The van der Waals surface area contributed by atoms with Gasteiger partial charge in [-0.15, -0.1) is 5.10 Å². The van der Waals surface area contributed by atoms with Gasteiger partial charge in [0.15, 0.2) is 0 Å². The molecule has 2 aliphatic carbocycles. The molecule has 2 fully saturated rings. The van der Waals surface area contributed by atoms with Gasteiger partial charge < -0.3 is 19.5 Å². The standard InChI is InChI=1S/C25H35N5O5/c1-16(2)34-24(31)18-5-4-6-19(13-18)35-20-9-10-21(27-14-20)23-22(30(3)29-28-23)15-33-25(32)26-12-11-17-7-8-17/h9-10,14,16-19H,4-8,11-13,15H2,1-3H3,(H,26,32)/t18-,19-/m0/s1. The van der Waals surface area contributed by atoms with Crippen molar-refractivity contribution in [3.8, 4) is 17.1 Å². The normalized spacial score (nSPS) is 19.9. The van der Waals surface area contributed by atoms with Crippen LogP contribution in [0.3, 0.4) is 0 Å². The molecule has 0 radical (unpaired) electrons. The summed E-state index contributed by atoms with van der Waals surface area (Å²) in [6, 6.07) is 3.65. The number of alkyl carbamates (subject to hydrolysis) is 1. The number of amides is 1. The van der Waals surface area contributed by atoms with Gasteiger partial charge in [-0.05, 0) is 64.0 Å². The number of hydrogen-bond donors (Lipinski definition) is 1. The topological polar surface area (TPSA) is 117 Å². The Morgan fingerprint density at radius 1 is 1.20 bits per heavy atom. The van der Waals surface area contributed by atoms with Gasteiger partial charge in [-0.25, -0.2) is 9.48 Å². The van der Waals surface area contributed by atoms with Crippen LogP contribution in [-0.2, 0) is 27.9 Å². The molecule has 2 heterocycles. The molecule has 2 atom stereocenters. The molecule has 0 aromatic carbocycles. The van der Waals surface area contributed by atoms with Crippen LogP contribution < -0.4 is 10.1 Å². The summed E-state index contributed by atoms with van der Waals surface area (Å²) in [5, 5.41) is 11.1. The van der Waals surface area contributed by atoms with E-state index >= 15 is 0 Å². The van der Waals surface area contributed by atoms with Gasteiger partial charge in [0.2, 0.25) is 0 Å². The lowest BCUT2D eigenvalue weighted by Gasteiger charge is -2.28. The van der Waals surface area contributed by atoms with Gasteiger partial charge in [-0.3, -0.25) is 9.78 Å². The van der Waals surface area contributed by atoms with E-state index in [2.05, 4.69) is 20.6 Å². The number of hydrogen-bond acceptors (Lipinski definition) is 8. The average molecular weight is 486 g/mol. The number of aromatic nitrogens is 4. The predicted octanol–water partition coefficient (Wildman–Crippen LogP) is 3.79. The summed E-state index contributed by atoms with van der Waals surface area (Å²) in [7, 11) is 1.75. The third-order valence-corrected chi connectivity index (χ3v) is 6.39. The zero-order valence-corrected chi connectivity index (χ0v) is 20.7. The van der Waals surface area contributed by atoms with Crippen molar-refractivity contribution in [2.75, 3.05) is 6.54 Å². The number of carbonyl (C=O) groups excluding carboxylic acids is 2. The summed E-state index contributed by atoms with van der Waals surface area (Å²) >= 11 is 0. The molecule has 0 saturated heterocycles. The molecule has 2 saturated carbocycles. The molecule has 2 aliphatic rings. The van der Waals surface area contributed by atoms with E-state index in [1.165, 1.54) is 12.8 Å². The van der Waals surface area contributed by atoms with Gasteiger partial charge in [0, 0.05) is 13.6 Å². The fourth-order valence-corrected chi connectivity index (χ4v) is 4.28. The number of esters is 1. The van der Waals surface area contributed by atoms with E-state index in [1.54, 1.807) is 17.9 Å². The monoisotopic (exact) mass is 485 g/mol. The number of carbonyl (C=O) groups is 2. The van der Waals surface area contributed by atoms with Crippen LogP contribution in [-0.4, -0.2) is 50.8 Å². The largest absolute Gasteiger partial charge is 0.489 e. The quantitative estimate of drug-likeness (QED) is 0.505. The molecule has 0 unspecified atom stereocenters. The molecule has 2 aromatic rings. The van der Waals surface area contributed by atoms with E-state index in [0.717, 1.165) is 31.6 Å². The first kappa shape index (κ1) is 24.9. The summed E-state index contributed by atoms with van der Waals surface area (Å²) in [6.07, 6.45) is 7.83. The highest BCUT2D eigenvalue weighted by Crippen LogP contribution is 2.32. The highest BCUT2D eigenvalue weighted by atomic mass is 16.6. The first-order valence-corrected chi connectivity index (χ1v) is 12.5. The fourth-order valence-electron chi connectivity index (χ4n) is 4.28. The molecular weight excluding hydrogens is 450 g/mol. The first-order chi connectivity index (χ1) is 16.9. The summed E-state index contributed by atoms with van der Waals surface area (Å²) in [5.41, 5.74) is 1.82. The molecule has 0 spiro atoms. The van der Waals surface area contributed by atoms with Crippen LogP contribution >= 0.6 is 0 Å². The molecule has 35 heavy (non-hydrogen) atoms. The molecule has 2 aromatic heterocycles. The second kappa shape index (κ2) is 11.5. The Hall–Kier alpha value is -3.17. The number of pyridine rings is 1. The number of nitrogens with zero attached hydrogens (tertiary/aromatic N) is 4. The molecule has 10 nitrogen and oxygen atoms in total. The second-order valence-corrected chi connectivity index (χ2v) is 9.71. The molecular formula is C25H35N5O5. The molecule has 1 amide bonds. The average Bonchev–Trinajstić information content (AvgIpc) is 3.58. The van der Waals surface area contributed by atoms with Crippen LogP contribution in [0.4, 0.5) is 4.79 Å². The minimum absolute atomic E-state index is 0.0456. The zero-order valence-electron chi connectivity index (χ0n) is 20.7. The molecule has 1 N–H and O–H groups in total. The first-order valence-electron chi connectivity index (χ1n) is 12.5. The summed E-state index contributed by atoms with van der Waals surface area (Å²) in [6.45, 7) is 4.40. The Labute approximate surface area is 205 Å². The summed E-state index contributed by atoms with van der Waals surface area (Å²) < 4.78 is 18.4. The van der Waals surface area contributed by atoms with E-state index in [4.69, 9.17) is 14.2 Å². The smallest absolute Gasteiger partial charge is 0.407 e. The van der Waals surface area contributed by atoms with Crippen molar-refractivity contribution in [2.45, 2.75) is 77.6 Å². The van der Waals surface area contributed by atoms with Gasteiger partial charge in [0.25, 0.3) is 0 Å². The van der Waals surface area contributed by atoms with Crippen LogP contribution in [0.25, 0.3) is 11.4 Å². The van der Waals surface area contributed by atoms with E-state index in [9.17, 15) is 9.59 Å². The van der Waals surface area contributed by atoms with Crippen LogP contribution in [0.15, 0.2) is 18.3 Å². The van der Waals surface area contributed by atoms with Crippen molar-refractivity contribution >= 4 is 12.1 Å². The fraction of sp³-hybridized carbons (Fsp3) is 0.640. The van der Waals surface area contributed by atoms with Gasteiger partial charge in [0.05, 0.1) is 30.0 Å². The molecule has 190 valence electrons. The number of rotatable bonds is 10. The van der Waals surface area contributed by atoms with Gasteiger partial charge in [-0.2, -0.15) is 0 Å². The Morgan fingerprint density at radius 3 is 2.74 bits per heavy atom. The third kappa shape index (κ3) is 7.16.